The molecule has 0 bridgehead atoms. The van der Waals surface area contributed by atoms with Crippen LogP contribution in [0, 0.1) is 0 Å². The molecule has 0 saturated heterocycles. The molecule has 21 heavy (non-hydrogen) atoms. The Hall–Kier alpha value is -2.14. The maximum Gasteiger partial charge on any atom is 0.268 e. The molecule has 2 heterocycles. The smallest absolute Gasteiger partial charge is 0.268 e. The predicted octanol–water partition coefficient (Wildman–Crippen LogP) is 3.29. The van der Waals surface area contributed by atoms with Crippen molar-refractivity contribution in [1.29, 1.82) is 0 Å². The van der Waals surface area contributed by atoms with Crippen molar-refractivity contribution in [1.82, 2.24) is 9.97 Å². The second-order valence-electron chi connectivity index (χ2n) is 5.07. The van der Waals surface area contributed by atoms with Gasteiger partial charge in [0.15, 0.2) is 0 Å². The minimum Gasteiger partial charge on any atom is -0.364 e. The third-order valence-corrected chi connectivity index (χ3v) is 4.28. The van der Waals surface area contributed by atoms with Gasteiger partial charge < -0.3 is 10.7 Å². The molecule has 108 valence electrons. The molecular formula is C16H17N3OS. The standard InChI is InChI=1S/C12H13N.C4H4N2OS/c1-3-7-11-9(5-1)10-6-2-4-8-12(10)13-11;5-4(7)3-1-8-2-6-3/h1,3,5,7,13H,2,4,6,8H2;1-2H,(H2,5,7). The fourth-order valence-electron chi connectivity index (χ4n) is 2.69. The second kappa shape index (κ2) is 6.10. The average molecular weight is 299 g/mol. The first kappa shape index (κ1) is 13.8. The zero-order valence-electron chi connectivity index (χ0n) is 11.6. The van der Waals surface area contributed by atoms with Gasteiger partial charge >= 0.3 is 0 Å². The first-order valence-corrected chi connectivity index (χ1v) is 7.96. The van der Waals surface area contributed by atoms with E-state index >= 15 is 0 Å². The number of aromatic nitrogens is 2. The molecule has 1 aliphatic carbocycles. The van der Waals surface area contributed by atoms with Gasteiger partial charge in [-0.1, -0.05) is 18.2 Å². The van der Waals surface area contributed by atoms with Crippen LogP contribution in [0.15, 0.2) is 35.2 Å². The molecule has 1 amide bonds. The zero-order valence-corrected chi connectivity index (χ0v) is 12.5. The van der Waals surface area contributed by atoms with Crippen molar-refractivity contribution in [3.05, 3.63) is 52.1 Å². The van der Waals surface area contributed by atoms with Crippen LogP contribution in [0.2, 0.25) is 0 Å². The summed E-state index contributed by atoms with van der Waals surface area (Å²) in [5.74, 6) is -0.466. The number of amides is 1. The van der Waals surface area contributed by atoms with E-state index in [0.717, 1.165) is 0 Å². The number of hydrogen-bond donors (Lipinski definition) is 2. The molecule has 0 radical (unpaired) electrons. The Morgan fingerprint density at radius 1 is 1.24 bits per heavy atom. The summed E-state index contributed by atoms with van der Waals surface area (Å²) in [4.78, 5) is 17.4. The number of aromatic amines is 1. The average Bonchev–Trinajstić information content (AvgIpc) is 3.15. The van der Waals surface area contributed by atoms with Gasteiger partial charge in [0.25, 0.3) is 5.91 Å². The van der Waals surface area contributed by atoms with Gasteiger partial charge in [-0.25, -0.2) is 4.98 Å². The third kappa shape index (κ3) is 2.97. The number of aryl methyl sites for hydroxylation is 2. The molecular weight excluding hydrogens is 282 g/mol. The van der Waals surface area contributed by atoms with Gasteiger partial charge in [-0.2, -0.15) is 0 Å². The van der Waals surface area contributed by atoms with Gasteiger partial charge in [0.05, 0.1) is 5.51 Å². The topological polar surface area (TPSA) is 71.8 Å². The summed E-state index contributed by atoms with van der Waals surface area (Å²) in [5.41, 5.74) is 11.1. The van der Waals surface area contributed by atoms with Crippen LogP contribution in [0.4, 0.5) is 0 Å². The highest BCUT2D eigenvalue weighted by Gasteiger charge is 2.13. The minimum absolute atomic E-state index is 0.343. The van der Waals surface area contributed by atoms with E-state index in [2.05, 4.69) is 34.2 Å². The number of para-hydroxylation sites is 1. The number of rotatable bonds is 1. The number of carbonyl (C=O) groups is 1. The van der Waals surface area contributed by atoms with Gasteiger partial charge in [0.2, 0.25) is 0 Å². The maximum atomic E-state index is 10.2. The SMILES string of the molecule is NC(=O)c1cscn1.c1ccc2c3c([nH]c2c1)CCCC3. The fraction of sp³-hybridized carbons (Fsp3) is 0.250. The molecule has 3 aromatic rings. The monoisotopic (exact) mass is 299 g/mol. The lowest BCUT2D eigenvalue weighted by molar-refractivity contribution is 0.0996. The van der Waals surface area contributed by atoms with Crippen LogP contribution in [0.1, 0.15) is 34.6 Å². The lowest BCUT2D eigenvalue weighted by Gasteiger charge is -2.10. The van der Waals surface area contributed by atoms with Crippen molar-refractivity contribution >= 4 is 28.1 Å². The molecule has 0 aliphatic heterocycles. The predicted molar refractivity (Wildman–Crippen MR) is 85.6 cm³/mol. The van der Waals surface area contributed by atoms with E-state index in [0.29, 0.717) is 5.69 Å². The van der Waals surface area contributed by atoms with Crippen LogP contribution >= 0.6 is 11.3 Å². The van der Waals surface area contributed by atoms with Crippen LogP contribution in [-0.2, 0) is 12.8 Å². The molecule has 0 saturated carbocycles. The van der Waals surface area contributed by atoms with Crippen LogP contribution in [0.3, 0.4) is 0 Å². The summed E-state index contributed by atoms with van der Waals surface area (Å²) in [6.45, 7) is 0. The molecule has 1 aromatic carbocycles. The van der Waals surface area contributed by atoms with Crippen molar-refractivity contribution in [3.63, 3.8) is 0 Å². The molecule has 4 rings (SSSR count). The van der Waals surface area contributed by atoms with Gasteiger partial charge in [-0.3, -0.25) is 4.79 Å². The van der Waals surface area contributed by atoms with Crippen LogP contribution in [0.5, 0.6) is 0 Å². The molecule has 3 N–H and O–H groups in total. The minimum atomic E-state index is -0.466. The Bertz CT molecular complexity index is 746. The third-order valence-electron chi connectivity index (χ3n) is 3.69. The number of nitrogens with zero attached hydrogens (tertiary/aromatic N) is 1. The van der Waals surface area contributed by atoms with E-state index < -0.39 is 5.91 Å². The lowest BCUT2D eigenvalue weighted by Crippen LogP contribution is -2.10. The number of carbonyl (C=O) groups excluding carboxylic acids is 1. The van der Waals surface area contributed by atoms with Crippen molar-refractivity contribution < 1.29 is 4.79 Å². The number of hydrogen-bond acceptors (Lipinski definition) is 3. The summed E-state index contributed by atoms with van der Waals surface area (Å²) >= 11 is 1.36. The van der Waals surface area contributed by atoms with E-state index in [1.165, 1.54) is 53.6 Å². The normalized spacial score (nSPS) is 13.3. The largest absolute Gasteiger partial charge is 0.364 e. The highest BCUT2D eigenvalue weighted by atomic mass is 32.1. The number of thiazole rings is 1. The number of benzene rings is 1. The van der Waals surface area contributed by atoms with Crippen molar-refractivity contribution in [2.24, 2.45) is 5.73 Å². The Balaban J connectivity index is 0.000000143. The fourth-order valence-corrected chi connectivity index (χ4v) is 3.23. The highest BCUT2D eigenvalue weighted by Crippen LogP contribution is 2.28. The maximum absolute atomic E-state index is 10.2. The lowest BCUT2D eigenvalue weighted by atomic mass is 9.96. The Morgan fingerprint density at radius 3 is 2.76 bits per heavy atom. The first-order chi connectivity index (χ1) is 10.3. The van der Waals surface area contributed by atoms with Crippen LogP contribution < -0.4 is 5.73 Å². The van der Waals surface area contributed by atoms with E-state index in [9.17, 15) is 4.79 Å². The van der Waals surface area contributed by atoms with Crippen molar-refractivity contribution in [2.75, 3.05) is 0 Å². The Morgan fingerprint density at radius 2 is 2.05 bits per heavy atom. The van der Waals surface area contributed by atoms with Crippen LogP contribution in [0.25, 0.3) is 10.9 Å². The summed E-state index contributed by atoms with van der Waals surface area (Å²) in [6, 6.07) is 8.64. The molecule has 5 heteroatoms. The van der Waals surface area contributed by atoms with E-state index in [1.54, 1.807) is 16.5 Å². The molecule has 1 aliphatic rings. The van der Waals surface area contributed by atoms with Crippen LogP contribution in [-0.4, -0.2) is 15.9 Å². The number of fused-ring (bicyclic) bond motifs is 3. The molecule has 0 atom stereocenters. The molecule has 4 nitrogen and oxygen atoms in total. The van der Waals surface area contributed by atoms with E-state index in [1.807, 2.05) is 0 Å². The number of nitrogens with one attached hydrogen (secondary N) is 1. The van der Waals surface area contributed by atoms with Gasteiger partial charge in [0, 0.05) is 22.0 Å². The highest BCUT2D eigenvalue weighted by molar-refractivity contribution is 7.07. The summed E-state index contributed by atoms with van der Waals surface area (Å²) in [6.07, 6.45) is 5.21. The van der Waals surface area contributed by atoms with Gasteiger partial charge in [0.1, 0.15) is 5.69 Å². The molecule has 2 aromatic heterocycles. The Kier molecular flexibility index (Phi) is 4.01. The molecule has 0 unspecified atom stereocenters. The van der Waals surface area contributed by atoms with E-state index in [4.69, 9.17) is 5.73 Å². The Labute approximate surface area is 127 Å². The quantitative estimate of drug-likeness (QED) is 0.723. The number of H-pyrrole nitrogens is 1. The van der Waals surface area contributed by atoms with Crippen molar-refractivity contribution in [3.8, 4) is 0 Å². The zero-order chi connectivity index (χ0) is 14.7. The van der Waals surface area contributed by atoms with E-state index in [-0.39, 0.29) is 0 Å². The number of nitrogens with two attached hydrogens (primary N) is 1. The second-order valence-corrected chi connectivity index (χ2v) is 5.79. The number of primary amides is 1. The molecule has 0 fully saturated rings. The van der Waals surface area contributed by atoms with Gasteiger partial charge in [-0.15, -0.1) is 11.3 Å². The van der Waals surface area contributed by atoms with Crippen molar-refractivity contribution in [2.45, 2.75) is 25.7 Å². The summed E-state index contributed by atoms with van der Waals surface area (Å²) < 4.78 is 0. The summed E-state index contributed by atoms with van der Waals surface area (Å²) in [5, 5.41) is 3.06. The van der Waals surface area contributed by atoms with Gasteiger partial charge in [-0.05, 0) is 37.3 Å². The molecule has 0 spiro atoms. The summed E-state index contributed by atoms with van der Waals surface area (Å²) in [7, 11) is 0. The first-order valence-electron chi connectivity index (χ1n) is 7.02.